The molecule has 0 fully saturated rings. The summed E-state index contributed by atoms with van der Waals surface area (Å²) in [6, 6.07) is 13.8. The maximum Gasteiger partial charge on any atom is 0.246 e. The first-order chi connectivity index (χ1) is 11.6. The van der Waals surface area contributed by atoms with Crippen LogP contribution in [0.3, 0.4) is 0 Å². The van der Waals surface area contributed by atoms with Crippen molar-refractivity contribution >= 4 is 27.5 Å². The van der Waals surface area contributed by atoms with Gasteiger partial charge in [0.25, 0.3) is 0 Å². The van der Waals surface area contributed by atoms with E-state index in [4.69, 9.17) is 4.74 Å². The molecule has 0 aliphatic heterocycles. The lowest BCUT2D eigenvalue weighted by atomic mass is 10.1. The molecule has 1 heterocycles. The molecule has 0 bridgehead atoms. The Bertz CT molecular complexity index is 817. The summed E-state index contributed by atoms with van der Waals surface area (Å²) in [6.07, 6.45) is 0. The van der Waals surface area contributed by atoms with Gasteiger partial charge in [-0.3, -0.25) is 4.79 Å². The zero-order valence-electron chi connectivity index (χ0n) is 13.2. The van der Waals surface area contributed by atoms with Crippen molar-refractivity contribution in [1.29, 1.82) is 0 Å². The zero-order chi connectivity index (χ0) is 16.9. The van der Waals surface area contributed by atoms with E-state index < -0.39 is 0 Å². The van der Waals surface area contributed by atoms with Gasteiger partial charge in [0.15, 0.2) is 0 Å². The molecule has 1 atom stereocenters. The maximum atomic E-state index is 13.2. The molecule has 124 valence electrons. The highest BCUT2D eigenvalue weighted by Gasteiger charge is 2.11. The molecule has 6 heteroatoms. The van der Waals surface area contributed by atoms with Crippen molar-refractivity contribution in [1.82, 2.24) is 10.3 Å². The summed E-state index contributed by atoms with van der Waals surface area (Å²) >= 11 is 1.55. The van der Waals surface area contributed by atoms with Gasteiger partial charge >= 0.3 is 0 Å². The third-order valence-corrected chi connectivity index (χ3v) is 4.53. The number of halogens is 1. The summed E-state index contributed by atoms with van der Waals surface area (Å²) < 4.78 is 19.7. The van der Waals surface area contributed by atoms with E-state index in [-0.39, 0.29) is 24.4 Å². The van der Waals surface area contributed by atoms with Crippen molar-refractivity contribution in [3.63, 3.8) is 0 Å². The summed E-state index contributed by atoms with van der Waals surface area (Å²) in [6.45, 7) is 2.04. The quantitative estimate of drug-likeness (QED) is 0.739. The third kappa shape index (κ3) is 4.15. The van der Waals surface area contributed by atoms with Gasteiger partial charge in [-0.2, -0.15) is 0 Å². The van der Waals surface area contributed by atoms with Gasteiger partial charge in [-0.1, -0.05) is 24.3 Å². The Morgan fingerprint density at radius 3 is 2.92 bits per heavy atom. The minimum Gasteiger partial charge on any atom is -0.364 e. The predicted molar refractivity (Wildman–Crippen MR) is 92.2 cm³/mol. The van der Waals surface area contributed by atoms with Crippen LogP contribution in [0.5, 0.6) is 0 Å². The fourth-order valence-electron chi connectivity index (χ4n) is 2.36. The molecule has 4 nitrogen and oxygen atoms in total. The van der Waals surface area contributed by atoms with Crippen molar-refractivity contribution in [2.45, 2.75) is 19.6 Å². The number of hydrogen-bond acceptors (Lipinski definition) is 4. The number of carbonyl (C=O) groups is 1. The number of nitrogens with zero attached hydrogens (tertiary/aromatic N) is 1. The first-order valence-corrected chi connectivity index (χ1v) is 8.40. The van der Waals surface area contributed by atoms with Gasteiger partial charge in [0, 0.05) is 0 Å². The lowest BCUT2D eigenvalue weighted by molar-refractivity contribution is -0.126. The minimum atomic E-state index is -0.319. The fourth-order valence-corrected chi connectivity index (χ4v) is 3.26. The first-order valence-electron chi connectivity index (χ1n) is 7.59. The molecule has 24 heavy (non-hydrogen) atoms. The Morgan fingerprint density at radius 2 is 2.12 bits per heavy atom. The topological polar surface area (TPSA) is 51.2 Å². The van der Waals surface area contributed by atoms with Crippen LogP contribution in [0.25, 0.3) is 10.2 Å². The van der Waals surface area contributed by atoms with Gasteiger partial charge in [-0.15, -0.1) is 11.3 Å². The lowest BCUT2D eigenvalue weighted by Crippen LogP contribution is -2.30. The molecule has 1 unspecified atom stereocenters. The van der Waals surface area contributed by atoms with E-state index in [1.165, 1.54) is 12.1 Å². The van der Waals surface area contributed by atoms with Crippen LogP contribution >= 0.6 is 11.3 Å². The van der Waals surface area contributed by atoms with Gasteiger partial charge in [0.05, 0.1) is 22.9 Å². The number of ether oxygens (including phenoxy) is 1. The van der Waals surface area contributed by atoms with Crippen LogP contribution in [-0.4, -0.2) is 17.5 Å². The number of thiazole rings is 1. The highest BCUT2D eigenvalue weighted by molar-refractivity contribution is 7.18. The lowest BCUT2D eigenvalue weighted by Gasteiger charge is -2.14. The van der Waals surface area contributed by atoms with Gasteiger partial charge in [0.2, 0.25) is 5.91 Å². The Hall–Kier alpha value is -2.31. The van der Waals surface area contributed by atoms with Crippen LogP contribution < -0.4 is 5.32 Å². The molecule has 0 aliphatic carbocycles. The highest BCUT2D eigenvalue weighted by atomic mass is 32.1. The van der Waals surface area contributed by atoms with E-state index in [1.54, 1.807) is 30.4 Å². The summed E-state index contributed by atoms with van der Waals surface area (Å²) in [7, 11) is 0. The monoisotopic (exact) mass is 344 g/mol. The SMILES string of the molecule is CC(NC(=O)COCc1nc2ccccc2s1)c1cccc(F)c1. The number of aromatic nitrogens is 1. The number of para-hydroxylation sites is 1. The first kappa shape index (κ1) is 16.5. The molecule has 1 N–H and O–H groups in total. The van der Waals surface area contributed by atoms with Crippen LogP contribution in [0.1, 0.15) is 23.5 Å². The number of rotatable bonds is 6. The molecular weight excluding hydrogens is 327 g/mol. The van der Waals surface area contributed by atoms with Crippen LogP contribution in [0.15, 0.2) is 48.5 Å². The van der Waals surface area contributed by atoms with Crippen molar-refractivity contribution in [2.75, 3.05) is 6.61 Å². The summed E-state index contributed by atoms with van der Waals surface area (Å²) in [5, 5.41) is 3.62. The van der Waals surface area contributed by atoms with Gasteiger partial charge in [-0.05, 0) is 36.8 Å². The molecule has 3 rings (SSSR count). The number of nitrogens with one attached hydrogen (secondary N) is 1. The number of amides is 1. The number of benzene rings is 2. The molecule has 1 amide bonds. The maximum absolute atomic E-state index is 13.2. The van der Waals surface area contributed by atoms with Crippen molar-refractivity contribution in [3.8, 4) is 0 Å². The average Bonchev–Trinajstić information content (AvgIpc) is 2.97. The Balaban J connectivity index is 1.48. The smallest absolute Gasteiger partial charge is 0.246 e. The van der Waals surface area contributed by atoms with E-state index in [0.29, 0.717) is 6.61 Å². The standard InChI is InChI=1S/C18H17FN2O2S/c1-12(13-5-4-6-14(19)9-13)20-17(22)10-23-11-18-21-15-7-2-3-8-16(15)24-18/h2-9,12H,10-11H2,1H3,(H,20,22). The van der Waals surface area contributed by atoms with Crippen LogP contribution in [0.4, 0.5) is 4.39 Å². The summed E-state index contributed by atoms with van der Waals surface area (Å²) in [5.74, 6) is -0.562. The second-order valence-electron chi connectivity index (χ2n) is 5.41. The zero-order valence-corrected chi connectivity index (χ0v) is 14.0. The normalized spacial score (nSPS) is 12.2. The van der Waals surface area contributed by atoms with Crippen LogP contribution in [0.2, 0.25) is 0 Å². The summed E-state index contributed by atoms with van der Waals surface area (Å²) in [5.41, 5.74) is 1.65. The third-order valence-electron chi connectivity index (χ3n) is 3.52. The average molecular weight is 344 g/mol. The summed E-state index contributed by atoms with van der Waals surface area (Å²) in [4.78, 5) is 16.4. The van der Waals surface area contributed by atoms with Crippen molar-refractivity contribution in [3.05, 3.63) is 64.9 Å². The van der Waals surface area contributed by atoms with Crippen LogP contribution in [0, 0.1) is 5.82 Å². The molecule has 0 saturated carbocycles. The molecule has 0 radical (unpaired) electrons. The number of carbonyl (C=O) groups excluding carboxylic acids is 1. The Kier molecular flexibility index (Phi) is 5.17. The van der Waals surface area contributed by atoms with Crippen molar-refractivity contribution < 1.29 is 13.9 Å². The Morgan fingerprint density at radius 1 is 1.29 bits per heavy atom. The minimum absolute atomic E-state index is 0.0599. The number of hydrogen-bond donors (Lipinski definition) is 1. The molecule has 3 aromatic rings. The van der Waals surface area contributed by atoms with Crippen molar-refractivity contribution in [2.24, 2.45) is 0 Å². The van der Waals surface area contributed by atoms with Gasteiger partial charge < -0.3 is 10.1 Å². The molecule has 0 aliphatic rings. The molecule has 1 aromatic heterocycles. The van der Waals surface area contributed by atoms with Gasteiger partial charge in [0.1, 0.15) is 17.4 Å². The Labute approximate surface area is 143 Å². The van der Waals surface area contributed by atoms with E-state index >= 15 is 0 Å². The largest absolute Gasteiger partial charge is 0.364 e. The van der Waals surface area contributed by atoms with E-state index in [2.05, 4.69) is 10.3 Å². The van der Waals surface area contributed by atoms with Gasteiger partial charge in [-0.25, -0.2) is 9.37 Å². The second-order valence-corrected chi connectivity index (χ2v) is 6.53. The fraction of sp³-hybridized carbons (Fsp3) is 0.222. The molecule has 0 spiro atoms. The second kappa shape index (κ2) is 7.51. The van der Waals surface area contributed by atoms with E-state index in [1.807, 2.05) is 24.3 Å². The van der Waals surface area contributed by atoms with E-state index in [9.17, 15) is 9.18 Å². The molecule has 2 aromatic carbocycles. The van der Waals surface area contributed by atoms with E-state index in [0.717, 1.165) is 20.8 Å². The molecule has 0 saturated heterocycles. The number of fused-ring (bicyclic) bond motifs is 1. The predicted octanol–water partition coefficient (Wildman–Crippen LogP) is 3.83. The van der Waals surface area contributed by atoms with Crippen LogP contribution in [-0.2, 0) is 16.1 Å². The molecular formula is C18H17FN2O2S. The highest BCUT2D eigenvalue weighted by Crippen LogP contribution is 2.21.